The van der Waals surface area contributed by atoms with E-state index in [1.165, 1.54) is 38.5 Å². The average Bonchev–Trinajstić information content (AvgIpc) is 3.33. The highest BCUT2D eigenvalue weighted by atomic mass is 16.6. The molecular formula is C22H34O3. The van der Waals surface area contributed by atoms with E-state index in [2.05, 4.69) is 20.8 Å². The molecule has 1 aliphatic heterocycles. The molecule has 0 bridgehead atoms. The normalized spacial score (nSPS) is 57.9. The van der Waals surface area contributed by atoms with E-state index in [-0.39, 0.29) is 17.6 Å². The largest absolute Gasteiger partial charge is 0.396 e. The van der Waals surface area contributed by atoms with E-state index >= 15 is 0 Å². The van der Waals surface area contributed by atoms with Gasteiger partial charge in [-0.15, -0.1) is 0 Å². The van der Waals surface area contributed by atoms with Gasteiger partial charge < -0.3 is 9.84 Å². The number of aliphatic hydroxyl groups excluding tert-OH is 1. The highest BCUT2D eigenvalue weighted by molar-refractivity contribution is 5.87. The molecular weight excluding hydrogens is 312 g/mol. The maximum Gasteiger partial charge on any atom is 0.164 e. The molecule has 4 saturated carbocycles. The molecule has 0 amide bonds. The van der Waals surface area contributed by atoms with Crippen LogP contribution in [0.25, 0.3) is 0 Å². The van der Waals surface area contributed by atoms with E-state index in [1.807, 2.05) is 0 Å². The third-order valence-corrected chi connectivity index (χ3v) is 9.88. The van der Waals surface area contributed by atoms with Crippen molar-refractivity contribution in [1.82, 2.24) is 0 Å². The Kier molecular flexibility index (Phi) is 3.56. The van der Waals surface area contributed by atoms with Crippen molar-refractivity contribution < 1.29 is 14.6 Å². The van der Waals surface area contributed by atoms with Crippen molar-refractivity contribution in [3.63, 3.8) is 0 Å². The van der Waals surface area contributed by atoms with Crippen LogP contribution in [0, 0.1) is 46.3 Å². The zero-order valence-electron chi connectivity index (χ0n) is 16.0. The number of epoxide rings is 1. The number of rotatable bonds is 2. The Morgan fingerprint density at radius 3 is 2.72 bits per heavy atom. The molecule has 5 fully saturated rings. The lowest BCUT2D eigenvalue weighted by atomic mass is 9.44. The van der Waals surface area contributed by atoms with Crippen LogP contribution in [0.4, 0.5) is 0 Å². The monoisotopic (exact) mass is 346 g/mol. The van der Waals surface area contributed by atoms with Gasteiger partial charge in [-0.3, -0.25) is 4.79 Å². The molecule has 5 aliphatic rings. The summed E-state index contributed by atoms with van der Waals surface area (Å²) >= 11 is 0. The molecule has 3 heteroatoms. The maximum absolute atomic E-state index is 12.2. The lowest BCUT2D eigenvalue weighted by Gasteiger charge is -2.59. The first-order chi connectivity index (χ1) is 11.9. The second kappa shape index (κ2) is 5.32. The number of hydrogen-bond donors (Lipinski definition) is 1. The van der Waals surface area contributed by atoms with Crippen molar-refractivity contribution in [3.05, 3.63) is 0 Å². The second-order valence-electron chi connectivity index (χ2n) is 10.6. The molecule has 4 aliphatic carbocycles. The van der Waals surface area contributed by atoms with Gasteiger partial charge in [-0.1, -0.05) is 20.8 Å². The molecule has 140 valence electrons. The van der Waals surface area contributed by atoms with Crippen molar-refractivity contribution in [1.29, 1.82) is 0 Å². The second-order valence-corrected chi connectivity index (χ2v) is 10.6. The van der Waals surface area contributed by atoms with E-state index in [4.69, 9.17) is 4.74 Å². The number of carbonyl (C=O) groups excluding carboxylic acids is 1. The Morgan fingerprint density at radius 2 is 1.96 bits per heavy atom. The van der Waals surface area contributed by atoms with Crippen LogP contribution in [0.2, 0.25) is 0 Å². The molecule has 1 saturated heterocycles. The molecule has 3 nitrogen and oxygen atoms in total. The average molecular weight is 347 g/mol. The first-order valence-electron chi connectivity index (χ1n) is 10.7. The van der Waals surface area contributed by atoms with Gasteiger partial charge in [0.1, 0.15) is 6.10 Å². The van der Waals surface area contributed by atoms with Crippen molar-refractivity contribution in [2.45, 2.75) is 77.9 Å². The van der Waals surface area contributed by atoms with Gasteiger partial charge in [0.25, 0.3) is 0 Å². The number of hydrogen-bond acceptors (Lipinski definition) is 3. The summed E-state index contributed by atoms with van der Waals surface area (Å²) in [5.41, 5.74) is 0.657. The summed E-state index contributed by atoms with van der Waals surface area (Å²) in [5.74, 6) is 4.43. The van der Waals surface area contributed by atoms with Gasteiger partial charge in [-0.2, -0.15) is 0 Å². The van der Waals surface area contributed by atoms with Crippen LogP contribution in [0.5, 0.6) is 0 Å². The number of carbonyl (C=O) groups is 1. The van der Waals surface area contributed by atoms with Crippen molar-refractivity contribution in [2.75, 3.05) is 6.61 Å². The van der Waals surface area contributed by atoms with Crippen LogP contribution < -0.4 is 0 Å². The number of aliphatic hydroxyl groups is 1. The van der Waals surface area contributed by atoms with Crippen LogP contribution in [0.15, 0.2) is 0 Å². The fourth-order valence-electron chi connectivity index (χ4n) is 8.53. The molecule has 1 unspecified atom stereocenters. The van der Waals surface area contributed by atoms with Crippen LogP contribution >= 0.6 is 0 Å². The number of ketones is 1. The van der Waals surface area contributed by atoms with Gasteiger partial charge in [0, 0.05) is 18.4 Å². The lowest BCUT2D eigenvalue weighted by molar-refractivity contribution is -0.135. The van der Waals surface area contributed by atoms with Crippen LogP contribution in [0.3, 0.4) is 0 Å². The first kappa shape index (κ1) is 16.7. The van der Waals surface area contributed by atoms with Gasteiger partial charge >= 0.3 is 0 Å². The van der Waals surface area contributed by atoms with Crippen LogP contribution in [-0.2, 0) is 9.53 Å². The van der Waals surface area contributed by atoms with E-state index < -0.39 is 0 Å². The van der Waals surface area contributed by atoms with Crippen LogP contribution in [-0.4, -0.2) is 29.7 Å². The van der Waals surface area contributed by atoms with Gasteiger partial charge in [0.2, 0.25) is 0 Å². The minimum atomic E-state index is -0.0564. The molecule has 0 aromatic carbocycles. The quantitative estimate of drug-likeness (QED) is 0.773. The summed E-state index contributed by atoms with van der Waals surface area (Å²) in [6.45, 7) is 7.59. The topological polar surface area (TPSA) is 49.8 Å². The summed E-state index contributed by atoms with van der Waals surface area (Å²) in [4.78, 5) is 12.2. The Balaban J connectivity index is 1.45. The molecule has 1 N–H and O–H groups in total. The lowest BCUT2D eigenvalue weighted by Crippen LogP contribution is -2.56. The van der Waals surface area contributed by atoms with Gasteiger partial charge in [0.15, 0.2) is 5.78 Å². The van der Waals surface area contributed by atoms with Crippen molar-refractivity contribution >= 4 is 5.78 Å². The Hall–Kier alpha value is -0.410. The zero-order chi connectivity index (χ0) is 17.6. The minimum absolute atomic E-state index is 0.0564. The van der Waals surface area contributed by atoms with Gasteiger partial charge in [-0.25, -0.2) is 0 Å². The molecule has 0 aromatic heterocycles. The summed E-state index contributed by atoms with van der Waals surface area (Å²) in [6, 6.07) is 0. The van der Waals surface area contributed by atoms with Crippen LogP contribution in [0.1, 0.15) is 65.7 Å². The highest BCUT2D eigenvalue weighted by Gasteiger charge is 2.69. The molecule has 0 aromatic rings. The Labute approximate surface area is 151 Å². The third kappa shape index (κ3) is 2.03. The molecule has 1 heterocycles. The van der Waals surface area contributed by atoms with E-state index in [9.17, 15) is 9.90 Å². The zero-order valence-corrected chi connectivity index (χ0v) is 16.0. The third-order valence-electron chi connectivity index (χ3n) is 9.88. The van der Waals surface area contributed by atoms with E-state index in [1.54, 1.807) is 0 Å². The number of ether oxygens (including phenoxy) is 1. The molecule has 0 spiro atoms. The molecule has 5 rings (SSSR count). The number of fused-ring (bicyclic) bond motifs is 7. The van der Waals surface area contributed by atoms with Crippen molar-refractivity contribution in [3.8, 4) is 0 Å². The predicted octanol–water partition coefficient (Wildman–Crippen LogP) is 3.83. The molecule has 0 radical (unpaired) electrons. The SMILES string of the molecule is CC(CO)[C@H]1CC[C@H]2[C@@H]3CC[C@H]4CC(=O)[C@@H]5O[C@@H]5[C@]4(C)[C@H]3CC[C@]12C. The van der Waals surface area contributed by atoms with E-state index in [0.29, 0.717) is 35.6 Å². The summed E-state index contributed by atoms with van der Waals surface area (Å²) < 4.78 is 5.94. The van der Waals surface area contributed by atoms with Gasteiger partial charge in [-0.05, 0) is 79.4 Å². The summed E-state index contributed by atoms with van der Waals surface area (Å²) in [5, 5.41) is 9.74. The van der Waals surface area contributed by atoms with Gasteiger partial charge in [0.05, 0.1) is 6.10 Å². The number of Topliss-reactive ketones (excluding diaryl/α,β-unsaturated/α-hetero) is 1. The fraction of sp³-hybridized carbons (Fsp3) is 0.955. The highest BCUT2D eigenvalue weighted by Crippen LogP contribution is 2.69. The van der Waals surface area contributed by atoms with E-state index in [0.717, 1.165) is 24.2 Å². The fourth-order valence-corrected chi connectivity index (χ4v) is 8.53. The molecule has 10 atom stereocenters. The molecule has 25 heavy (non-hydrogen) atoms. The minimum Gasteiger partial charge on any atom is -0.396 e. The Bertz CT molecular complexity index is 588. The maximum atomic E-state index is 12.2. The predicted molar refractivity (Wildman–Crippen MR) is 95.9 cm³/mol. The smallest absolute Gasteiger partial charge is 0.164 e. The standard InChI is InChI=1S/C22H34O3/c1-12(11-23)15-6-7-16-14-5-4-13-10-18(24)19-20(25-19)22(13,3)17(14)8-9-21(15,16)2/h12-17,19-20,23H,4-11H2,1-3H3/t12?,13-,14-,15+,16-,17-,19-,20-,21+,22-/m0/s1. The van der Waals surface area contributed by atoms with Crippen molar-refractivity contribution in [2.24, 2.45) is 46.3 Å². The summed E-state index contributed by atoms with van der Waals surface area (Å²) in [6.07, 6.45) is 8.74. The first-order valence-corrected chi connectivity index (χ1v) is 10.7. The summed E-state index contributed by atoms with van der Waals surface area (Å²) in [7, 11) is 0. The Morgan fingerprint density at radius 1 is 1.16 bits per heavy atom.